The second-order valence-corrected chi connectivity index (χ2v) is 5.76. The van der Waals surface area contributed by atoms with E-state index in [4.69, 9.17) is 0 Å². The molecule has 0 atom stereocenters. The highest BCUT2D eigenvalue weighted by atomic mass is 19.3. The smallest absolute Gasteiger partial charge is 0.395 e. The number of para-hydroxylation sites is 1. The molecule has 2 heterocycles. The molecule has 1 aliphatic rings. The second-order valence-electron chi connectivity index (χ2n) is 5.76. The van der Waals surface area contributed by atoms with E-state index in [1.165, 1.54) is 18.2 Å². The van der Waals surface area contributed by atoms with Gasteiger partial charge >= 0.3 is 6.29 Å². The van der Waals surface area contributed by atoms with Crippen LogP contribution in [0.3, 0.4) is 0 Å². The summed E-state index contributed by atoms with van der Waals surface area (Å²) in [7, 11) is 0. The minimum Gasteiger partial charge on any atom is -0.395 e. The third-order valence-corrected chi connectivity index (χ3v) is 3.87. The molecule has 0 aliphatic carbocycles. The van der Waals surface area contributed by atoms with Crippen LogP contribution in [0.5, 0.6) is 11.5 Å². The molecule has 0 saturated heterocycles. The molecule has 0 saturated carbocycles. The van der Waals surface area contributed by atoms with Crippen molar-refractivity contribution in [2.75, 3.05) is 5.32 Å². The number of halogens is 2. The lowest BCUT2D eigenvalue weighted by molar-refractivity contribution is -0.286. The van der Waals surface area contributed by atoms with Gasteiger partial charge in [-0.2, -0.15) is 0 Å². The van der Waals surface area contributed by atoms with Crippen molar-refractivity contribution in [1.82, 2.24) is 4.98 Å². The number of anilines is 1. The topological polar surface area (TPSA) is 80.4 Å². The largest absolute Gasteiger partial charge is 0.586 e. The Labute approximate surface area is 145 Å². The zero-order valence-electron chi connectivity index (χ0n) is 13.2. The third kappa shape index (κ3) is 3.08. The van der Waals surface area contributed by atoms with Crippen molar-refractivity contribution in [3.8, 4) is 11.5 Å². The molecule has 2 aromatic carbocycles. The number of ether oxygens (including phenoxy) is 2. The van der Waals surface area contributed by atoms with Gasteiger partial charge in [0.05, 0.1) is 6.42 Å². The number of pyridine rings is 1. The molecule has 26 heavy (non-hydrogen) atoms. The number of carbonyl (C=O) groups is 1. The number of nitrogens with one attached hydrogen (secondary N) is 2. The molecule has 0 fully saturated rings. The summed E-state index contributed by atoms with van der Waals surface area (Å²) in [5, 5.41) is 3.36. The fourth-order valence-electron chi connectivity index (χ4n) is 2.73. The molecule has 0 spiro atoms. The van der Waals surface area contributed by atoms with Gasteiger partial charge in [0.2, 0.25) is 5.91 Å². The van der Waals surface area contributed by atoms with Crippen LogP contribution in [0.25, 0.3) is 10.9 Å². The number of H-pyrrole nitrogens is 1. The van der Waals surface area contributed by atoms with E-state index in [0.29, 0.717) is 11.1 Å². The monoisotopic (exact) mass is 358 g/mol. The lowest BCUT2D eigenvalue weighted by Crippen LogP contribution is -2.25. The van der Waals surface area contributed by atoms with Crippen LogP contribution in [0.4, 0.5) is 14.5 Å². The SMILES string of the molecule is O=C(Cc1cc2ccccc2[nH]c1=O)Nc1ccc2c(c1)OC(F)(F)O2. The number of benzene rings is 2. The lowest BCUT2D eigenvalue weighted by atomic mass is 10.1. The Balaban J connectivity index is 1.52. The second kappa shape index (κ2) is 5.83. The van der Waals surface area contributed by atoms with Gasteiger partial charge in [-0.15, -0.1) is 8.78 Å². The third-order valence-electron chi connectivity index (χ3n) is 3.87. The van der Waals surface area contributed by atoms with Crippen LogP contribution in [0, 0.1) is 0 Å². The van der Waals surface area contributed by atoms with E-state index in [1.807, 2.05) is 12.1 Å². The highest BCUT2D eigenvalue weighted by Gasteiger charge is 2.43. The summed E-state index contributed by atoms with van der Waals surface area (Å²) in [6.07, 6.45) is -3.88. The van der Waals surface area contributed by atoms with Crippen LogP contribution in [0.15, 0.2) is 53.3 Å². The molecular weight excluding hydrogens is 346 g/mol. The molecule has 8 heteroatoms. The van der Waals surface area contributed by atoms with Gasteiger partial charge in [0.25, 0.3) is 5.56 Å². The molecule has 1 amide bonds. The number of hydrogen-bond acceptors (Lipinski definition) is 4. The lowest BCUT2D eigenvalue weighted by Gasteiger charge is -2.07. The number of fused-ring (bicyclic) bond motifs is 2. The normalized spacial score (nSPS) is 14.4. The maximum absolute atomic E-state index is 13.0. The molecular formula is C18H12F2N2O4. The summed E-state index contributed by atoms with van der Waals surface area (Å²) >= 11 is 0. The van der Waals surface area contributed by atoms with Crippen LogP contribution >= 0.6 is 0 Å². The van der Waals surface area contributed by atoms with E-state index in [-0.39, 0.29) is 29.2 Å². The number of aromatic amines is 1. The molecule has 1 aromatic heterocycles. The predicted molar refractivity (Wildman–Crippen MR) is 89.5 cm³/mol. The number of carbonyl (C=O) groups excluding carboxylic acids is 1. The average molecular weight is 358 g/mol. The number of amides is 1. The van der Waals surface area contributed by atoms with Crippen molar-refractivity contribution in [3.63, 3.8) is 0 Å². The first-order valence-electron chi connectivity index (χ1n) is 7.70. The summed E-state index contributed by atoms with van der Waals surface area (Å²) in [6.45, 7) is 0. The van der Waals surface area contributed by atoms with Crippen molar-refractivity contribution in [1.29, 1.82) is 0 Å². The van der Waals surface area contributed by atoms with E-state index in [2.05, 4.69) is 19.8 Å². The van der Waals surface area contributed by atoms with E-state index in [0.717, 1.165) is 5.39 Å². The summed E-state index contributed by atoms with van der Waals surface area (Å²) in [4.78, 5) is 27.0. The first-order valence-corrected chi connectivity index (χ1v) is 7.70. The minimum atomic E-state index is -3.72. The van der Waals surface area contributed by atoms with Crippen molar-refractivity contribution in [2.24, 2.45) is 0 Å². The van der Waals surface area contributed by atoms with Gasteiger partial charge in [-0.25, -0.2) is 0 Å². The van der Waals surface area contributed by atoms with Gasteiger partial charge in [0, 0.05) is 22.8 Å². The van der Waals surface area contributed by atoms with Crippen molar-refractivity contribution >= 4 is 22.5 Å². The first kappa shape index (κ1) is 16.1. The number of hydrogen-bond donors (Lipinski definition) is 2. The van der Waals surface area contributed by atoms with E-state index < -0.39 is 12.2 Å². The molecule has 6 nitrogen and oxygen atoms in total. The van der Waals surface area contributed by atoms with Crippen LogP contribution < -0.4 is 20.3 Å². The zero-order valence-corrected chi connectivity index (χ0v) is 13.2. The summed E-state index contributed by atoms with van der Waals surface area (Å²) in [6, 6.07) is 12.8. The van der Waals surface area contributed by atoms with Gasteiger partial charge in [0.1, 0.15) is 0 Å². The number of alkyl halides is 2. The molecule has 0 radical (unpaired) electrons. The number of rotatable bonds is 3. The Morgan fingerprint density at radius 2 is 1.85 bits per heavy atom. The molecule has 4 rings (SSSR count). The van der Waals surface area contributed by atoms with Gasteiger partial charge in [-0.3, -0.25) is 9.59 Å². The van der Waals surface area contributed by atoms with Crippen LogP contribution in [0.1, 0.15) is 5.56 Å². The Morgan fingerprint density at radius 1 is 1.08 bits per heavy atom. The van der Waals surface area contributed by atoms with Gasteiger partial charge < -0.3 is 19.8 Å². The maximum atomic E-state index is 13.0. The summed E-state index contributed by atoms with van der Waals surface area (Å²) in [5.74, 6) is -0.744. The van der Waals surface area contributed by atoms with Crippen molar-refractivity contribution in [3.05, 3.63) is 64.4 Å². The Morgan fingerprint density at radius 3 is 2.69 bits per heavy atom. The van der Waals surface area contributed by atoms with Crippen LogP contribution in [0.2, 0.25) is 0 Å². The fourth-order valence-corrected chi connectivity index (χ4v) is 2.73. The van der Waals surface area contributed by atoms with E-state index in [1.54, 1.807) is 18.2 Å². The van der Waals surface area contributed by atoms with E-state index >= 15 is 0 Å². The Kier molecular flexibility index (Phi) is 3.61. The molecule has 0 bridgehead atoms. The predicted octanol–water partition coefficient (Wildman–Crippen LogP) is 3.03. The summed E-state index contributed by atoms with van der Waals surface area (Å²) < 4.78 is 34.7. The molecule has 132 valence electrons. The van der Waals surface area contributed by atoms with Gasteiger partial charge in [0.15, 0.2) is 11.5 Å². The van der Waals surface area contributed by atoms with Crippen LogP contribution in [-0.2, 0) is 11.2 Å². The molecule has 3 aromatic rings. The minimum absolute atomic E-state index is 0.112. The Bertz CT molecular complexity index is 1080. The molecule has 0 unspecified atom stereocenters. The molecule has 2 N–H and O–H groups in total. The van der Waals surface area contributed by atoms with Crippen molar-refractivity contribution in [2.45, 2.75) is 12.7 Å². The highest BCUT2D eigenvalue weighted by molar-refractivity contribution is 5.93. The average Bonchev–Trinajstić information content (AvgIpc) is 2.88. The van der Waals surface area contributed by atoms with Gasteiger partial charge in [-0.1, -0.05) is 18.2 Å². The van der Waals surface area contributed by atoms with E-state index in [9.17, 15) is 18.4 Å². The van der Waals surface area contributed by atoms with Crippen molar-refractivity contribution < 1.29 is 23.0 Å². The standard InChI is InChI=1S/C18H12F2N2O4/c19-18(20)25-14-6-5-12(9-15(14)26-18)21-16(23)8-11-7-10-3-1-2-4-13(10)22-17(11)24/h1-7,9H,8H2,(H,21,23)(H,22,24). The Hall–Kier alpha value is -3.42. The quantitative estimate of drug-likeness (QED) is 0.754. The highest BCUT2D eigenvalue weighted by Crippen LogP contribution is 2.42. The summed E-state index contributed by atoms with van der Waals surface area (Å²) in [5.41, 5.74) is 0.878. The fraction of sp³-hybridized carbons (Fsp3) is 0.111. The van der Waals surface area contributed by atoms with Gasteiger partial charge in [-0.05, 0) is 29.7 Å². The maximum Gasteiger partial charge on any atom is 0.586 e. The first-order chi connectivity index (χ1) is 12.4. The number of aromatic nitrogens is 1. The zero-order chi connectivity index (χ0) is 18.3. The van der Waals surface area contributed by atoms with Crippen LogP contribution in [-0.4, -0.2) is 17.2 Å². The molecule has 1 aliphatic heterocycles.